The van der Waals surface area contributed by atoms with E-state index in [0.29, 0.717) is 19.3 Å². The minimum absolute atomic E-state index is 0.0612. The molecule has 0 saturated heterocycles. The molecule has 76 heavy (non-hydrogen) atoms. The highest BCUT2D eigenvalue weighted by Gasteiger charge is 2.20. The third kappa shape index (κ3) is 61.6. The summed E-state index contributed by atoms with van der Waals surface area (Å²) in [4.78, 5) is 38.4. The van der Waals surface area contributed by atoms with E-state index in [4.69, 9.17) is 14.2 Å². The Labute approximate surface area is 476 Å². The molecule has 6 nitrogen and oxygen atoms in total. The molecule has 0 radical (unpaired) electrons. The molecule has 6 heteroatoms. The van der Waals surface area contributed by atoms with Gasteiger partial charge in [0.1, 0.15) is 13.2 Å². The van der Waals surface area contributed by atoms with Gasteiger partial charge >= 0.3 is 17.9 Å². The summed E-state index contributed by atoms with van der Waals surface area (Å²) < 4.78 is 17.0. The minimum atomic E-state index is -0.764. The van der Waals surface area contributed by atoms with Crippen LogP contribution in [0, 0.1) is 11.8 Å². The van der Waals surface area contributed by atoms with Gasteiger partial charge in [-0.3, -0.25) is 14.4 Å². The highest BCUT2D eigenvalue weighted by Crippen LogP contribution is 2.20. The van der Waals surface area contributed by atoms with Crippen LogP contribution in [0.1, 0.15) is 401 Å². The standard InChI is InChI=1S/C70H136O6/c1-6-8-9-10-11-12-13-14-23-30-35-40-45-50-55-60-68(71)74-63-67(64-75-69(72)61-56-51-46-41-36-31-26-21-17-15-19-24-28-33-38-43-48-53-58-65(3)4)76-70(73)62-57-52-47-42-37-32-27-22-18-16-20-25-29-34-39-44-49-54-59-66(5)7-2/h65-67H,6-64H2,1-5H3/t66?,67-/m0/s1. The molecule has 0 fully saturated rings. The predicted octanol–water partition coefficient (Wildman–Crippen LogP) is 23.6. The van der Waals surface area contributed by atoms with E-state index in [1.807, 2.05) is 0 Å². The van der Waals surface area contributed by atoms with Crippen LogP contribution in [0.5, 0.6) is 0 Å². The summed E-state index contributed by atoms with van der Waals surface area (Å²) in [5, 5.41) is 0. The fraction of sp³-hybridized carbons (Fsp3) is 0.957. The fourth-order valence-electron chi connectivity index (χ4n) is 11.0. The molecule has 0 aromatic rings. The van der Waals surface area contributed by atoms with Gasteiger partial charge < -0.3 is 14.2 Å². The van der Waals surface area contributed by atoms with Gasteiger partial charge in [-0.25, -0.2) is 0 Å². The van der Waals surface area contributed by atoms with Crippen molar-refractivity contribution in [2.24, 2.45) is 11.8 Å². The molecule has 0 heterocycles. The highest BCUT2D eigenvalue weighted by atomic mass is 16.6. The van der Waals surface area contributed by atoms with E-state index in [9.17, 15) is 14.4 Å². The summed E-state index contributed by atoms with van der Waals surface area (Å²) in [5.74, 6) is 0.944. The van der Waals surface area contributed by atoms with Crippen LogP contribution in [0.4, 0.5) is 0 Å². The van der Waals surface area contributed by atoms with Crippen molar-refractivity contribution in [3.05, 3.63) is 0 Å². The second-order valence-corrected chi connectivity index (χ2v) is 24.9. The van der Waals surface area contributed by atoms with Gasteiger partial charge in [-0.1, -0.05) is 362 Å². The summed E-state index contributed by atoms with van der Waals surface area (Å²) in [5.41, 5.74) is 0. The van der Waals surface area contributed by atoms with Crippen molar-refractivity contribution in [1.29, 1.82) is 0 Å². The summed E-state index contributed by atoms with van der Waals surface area (Å²) in [6.07, 6.45) is 71.1. The van der Waals surface area contributed by atoms with Crippen molar-refractivity contribution in [1.82, 2.24) is 0 Å². The van der Waals surface area contributed by atoms with Crippen LogP contribution in [-0.2, 0) is 28.6 Å². The van der Waals surface area contributed by atoms with Crippen molar-refractivity contribution in [3.8, 4) is 0 Å². The van der Waals surface area contributed by atoms with E-state index in [1.54, 1.807) is 0 Å². The third-order valence-corrected chi connectivity index (χ3v) is 16.6. The molecule has 0 aromatic carbocycles. The third-order valence-electron chi connectivity index (χ3n) is 16.6. The maximum absolute atomic E-state index is 13.0. The quantitative estimate of drug-likeness (QED) is 0.0343. The summed E-state index contributed by atoms with van der Waals surface area (Å²) in [6, 6.07) is 0. The largest absolute Gasteiger partial charge is 0.462 e. The number of carbonyl (C=O) groups is 3. The summed E-state index contributed by atoms with van der Waals surface area (Å²) in [7, 11) is 0. The van der Waals surface area contributed by atoms with Gasteiger partial charge in [0.15, 0.2) is 6.10 Å². The summed E-state index contributed by atoms with van der Waals surface area (Å²) >= 11 is 0. The molecule has 0 rings (SSSR count). The van der Waals surface area contributed by atoms with E-state index in [1.165, 1.54) is 289 Å². The van der Waals surface area contributed by atoms with Gasteiger partial charge in [0.05, 0.1) is 0 Å². The number of ether oxygens (including phenoxy) is 3. The zero-order valence-electron chi connectivity index (χ0n) is 52.4. The molecule has 1 unspecified atom stereocenters. The van der Waals surface area contributed by atoms with Crippen LogP contribution in [0.3, 0.4) is 0 Å². The van der Waals surface area contributed by atoms with Crippen molar-refractivity contribution < 1.29 is 28.6 Å². The highest BCUT2D eigenvalue weighted by molar-refractivity contribution is 5.71. The first-order valence-corrected chi connectivity index (χ1v) is 34.8. The number of unbranched alkanes of at least 4 members (excludes halogenated alkanes) is 48. The van der Waals surface area contributed by atoms with Crippen molar-refractivity contribution in [2.75, 3.05) is 13.2 Å². The zero-order valence-corrected chi connectivity index (χ0v) is 52.4. The number of esters is 3. The smallest absolute Gasteiger partial charge is 0.306 e. The molecule has 0 saturated carbocycles. The SMILES string of the molecule is CCCCCCCCCCCCCCCCCC(=O)OC[C@@H](COC(=O)CCCCCCCCCCCCCCCCCCCCC(C)C)OC(=O)CCCCCCCCCCCCCCCCCCCCC(C)CC. The van der Waals surface area contributed by atoms with Crippen molar-refractivity contribution in [2.45, 2.75) is 407 Å². The average molecular weight is 1070 g/mol. The van der Waals surface area contributed by atoms with Gasteiger partial charge in [-0.2, -0.15) is 0 Å². The first-order valence-electron chi connectivity index (χ1n) is 34.8. The predicted molar refractivity (Wildman–Crippen MR) is 330 cm³/mol. The Morgan fingerprint density at radius 1 is 0.276 bits per heavy atom. The van der Waals surface area contributed by atoms with Gasteiger partial charge in [0, 0.05) is 19.3 Å². The Morgan fingerprint density at radius 3 is 0.750 bits per heavy atom. The minimum Gasteiger partial charge on any atom is -0.462 e. The topological polar surface area (TPSA) is 78.9 Å². The molecule has 0 N–H and O–H groups in total. The monoisotopic (exact) mass is 1070 g/mol. The van der Waals surface area contributed by atoms with Gasteiger partial charge in [0.2, 0.25) is 0 Å². The molecule has 0 spiro atoms. The second-order valence-electron chi connectivity index (χ2n) is 24.9. The zero-order chi connectivity index (χ0) is 55.3. The maximum Gasteiger partial charge on any atom is 0.306 e. The van der Waals surface area contributed by atoms with Crippen LogP contribution < -0.4 is 0 Å². The Bertz CT molecular complexity index is 1170. The fourth-order valence-corrected chi connectivity index (χ4v) is 11.0. The van der Waals surface area contributed by atoms with E-state index in [0.717, 1.165) is 69.6 Å². The van der Waals surface area contributed by atoms with Crippen molar-refractivity contribution in [3.63, 3.8) is 0 Å². The molecule has 0 aliphatic rings. The van der Waals surface area contributed by atoms with E-state index in [2.05, 4.69) is 34.6 Å². The lowest BCUT2D eigenvalue weighted by atomic mass is 9.99. The van der Waals surface area contributed by atoms with Crippen LogP contribution in [0.15, 0.2) is 0 Å². The lowest BCUT2D eigenvalue weighted by Crippen LogP contribution is -2.30. The molecule has 452 valence electrons. The first-order chi connectivity index (χ1) is 37.3. The first kappa shape index (κ1) is 74.4. The number of hydrogen-bond donors (Lipinski definition) is 0. The molecule has 0 aliphatic carbocycles. The van der Waals surface area contributed by atoms with Crippen LogP contribution in [0.2, 0.25) is 0 Å². The molecule has 0 amide bonds. The lowest BCUT2D eigenvalue weighted by molar-refractivity contribution is -0.167. The number of carbonyl (C=O) groups excluding carboxylic acids is 3. The Balaban J connectivity index is 4.25. The molecule has 0 bridgehead atoms. The van der Waals surface area contributed by atoms with E-state index in [-0.39, 0.29) is 31.1 Å². The number of hydrogen-bond acceptors (Lipinski definition) is 6. The van der Waals surface area contributed by atoms with Crippen LogP contribution in [-0.4, -0.2) is 37.2 Å². The van der Waals surface area contributed by atoms with Gasteiger partial charge in [0.25, 0.3) is 0 Å². The van der Waals surface area contributed by atoms with Crippen LogP contribution >= 0.6 is 0 Å². The van der Waals surface area contributed by atoms with Crippen molar-refractivity contribution >= 4 is 17.9 Å². The molecule has 2 atom stereocenters. The van der Waals surface area contributed by atoms with Crippen LogP contribution in [0.25, 0.3) is 0 Å². The van der Waals surface area contributed by atoms with E-state index < -0.39 is 6.10 Å². The van der Waals surface area contributed by atoms with Gasteiger partial charge in [-0.15, -0.1) is 0 Å². The Kier molecular flexibility index (Phi) is 61.3. The molecular weight excluding hydrogens is 937 g/mol. The normalized spacial score (nSPS) is 12.4. The second kappa shape index (κ2) is 62.6. The molecule has 0 aromatic heterocycles. The Morgan fingerprint density at radius 2 is 0.500 bits per heavy atom. The lowest BCUT2D eigenvalue weighted by Gasteiger charge is -2.18. The molecule has 0 aliphatic heterocycles. The maximum atomic E-state index is 13.0. The average Bonchev–Trinajstić information content (AvgIpc) is 3.41. The summed E-state index contributed by atoms with van der Waals surface area (Å²) in [6.45, 7) is 11.5. The Hall–Kier alpha value is -1.59. The van der Waals surface area contributed by atoms with E-state index >= 15 is 0 Å². The number of rotatable bonds is 64. The van der Waals surface area contributed by atoms with Gasteiger partial charge in [-0.05, 0) is 31.1 Å². The molecular formula is C70H136O6.